The van der Waals surface area contributed by atoms with Crippen LogP contribution in [0.1, 0.15) is 5.56 Å². The standard InChI is InChI=1S/C15H24FN3O/c1-17-12-13-4-3-5-14(16)15(13)20-11-10-19-8-6-18(2)7-9-19/h3-5,17H,6-12H2,1-2H3. The summed E-state index contributed by atoms with van der Waals surface area (Å²) in [5, 5.41) is 3.03. The molecule has 0 aromatic heterocycles. The molecular formula is C15H24FN3O. The van der Waals surface area contributed by atoms with Crippen molar-refractivity contribution in [2.75, 3.05) is 53.4 Å². The van der Waals surface area contributed by atoms with E-state index in [0.717, 1.165) is 38.3 Å². The molecule has 0 radical (unpaired) electrons. The molecule has 0 spiro atoms. The molecule has 0 atom stereocenters. The summed E-state index contributed by atoms with van der Waals surface area (Å²) in [4.78, 5) is 4.68. The maximum Gasteiger partial charge on any atom is 0.165 e. The summed E-state index contributed by atoms with van der Waals surface area (Å²) in [6.45, 7) is 6.28. The van der Waals surface area contributed by atoms with Crippen LogP contribution in [0.3, 0.4) is 0 Å². The van der Waals surface area contributed by atoms with Gasteiger partial charge in [0.1, 0.15) is 6.61 Å². The number of nitrogens with zero attached hydrogens (tertiary/aromatic N) is 2. The van der Waals surface area contributed by atoms with Gasteiger partial charge >= 0.3 is 0 Å². The molecule has 4 nitrogen and oxygen atoms in total. The number of rotatable bonds is 6. The van der Waals surface area contributed by atoms with Gasteiger partial charge < -0.3 is 15.0 Å². The first-order valence-electron chi connectivity index (χ1n) is 7.16. The van der Waals surface area contributed by atoms with Gasteiger partial charge in [0.05, 0.1) is 0 Å². The van der Waals surface area contributed by atoms with Gasteiger partial charge in [-0.25, -0.2) is 4.39 Å². The summed E-state index contributed by atoms with van der Waals surface area (Å²) < 4.78 is 19.5. The molecule has 0 saturated carbocycles. The molecule has 1 saturated heterocycles. The molecule has 1 fully saturated rings. The van der Waals surface area contributed by atoms with Gasteiger partial charge in [-0.15, -0.1) is 0 Å². The van der Waals surface area contributed by atoms with Gasteiger partial charge in [0.25, 0.3) is 0 Å². The maximum atomic E-state index is 13.8. The third kappa shape index (κ3) is 4.16. The number of hydrogen-bond acceptors (Lipinski definition) is 4. The lowest BCUT2D eigenvalue weighted by Gasteiger charge is -2.32. The Kier molecular flexibility index (Phi) is 5.76. The predicted molar refractivity (Wildman–Crippen MR) is 78.6 cm³/mol. The third-order valence-corrected chi connectivity index (χ3v) is 3.67. The lowest BCUT2D eigenvalue weighted by Crippen LogP contribution is -2.45. The topological polar surface area (TPSA) is 27.7 Å². The maximum absolute atomic E-state index is 13.8. The fourth-order valence-electron chi connectivity index (χ4n) is 2.39. The van der Waals surface area contributed by atoms with Crippen molar-refractivity contribution in [3.63, 3.8) is 0 Å². The minimum Gasteiger partial charge on any atom is -0.489 e. The smallest absolute Gasteiger partial charge is 0.165 e. The number of benzene rings is 1. The average Bonchev–Trinajstić information content (AvgIpc) is 2.44. The second-order valence-corrected chi connectivity index (χ2v) is 5.25. The van der Waals surface area contributed by atoms with Gasteiger partial charge in [-0.1, -0.05) is 12.1 Å². The van der Waals surface area contributed by atoms with E-state index >= 15 is 0 Å². The van der Waals surface area contributed by atoms with Crippen molar-refractivity contribution >= 4 is 0 Å². The number of nitrogens with one attached hydrogen (secondary N) is 1. The van der Waals surface area contributed by atoms with Crippen molar-refractivity contribution in [1.82, 2.24) is 15.1 Å². The first-order chi connectivity index (χ1) is 9.70. The lowest BCUT2D eigenvalue weighted by molar-refractivity contribution is 0.132. The number of para-hydroxylation sites is 1. The normalized spacial score (nSPS) is 17.4. The fraction of sp³-hybridized carbons (Fsp3) is 0.600. The number of likely N-dealkylation sites (N-methyl/N-ethyl adjacent to an activating group) is 1. The van der Waals surface area contributed by atoms with E-state index in [1.54, 1.807) is 6.07 Å². The SMILES string of the molecule is CNCc1cccc(F)c1OCCN1CCN(C)CC1. The zero-order valence-electron chi connectivity index (χ0n) is 12.4. The molecule has 20 heavy (non-hydrogen) atoms. The van der Waals surface area contributed by atoms with Crippen molar-refractivity contribution in [3.8, 4) is 5.75 Å². The van der Waals surface area contributed by atoms with Crippen LogP contribution in [0.4, 0.5) is 4.39 Å². The van der Waals surface area contributed by atoms with E-state index in [4.69, 9.17) is 4.74 Å². The molecule has 1 aliphatic rings. The van der Waals surface area contributed by atoms with E-state index in [2.05, 4.69) is 22.2 Å². The van der Waals surface area contributed by atoms with Crippen LogP contribution >= 0.6 is 0 Å². The van der Waals surface area contributed by atoms with Gasteiger partial charge in [0, 0.05) is 44.8 Å². The summed E-state index contributed by atoms with van der Waals surface area (Å²) in [6, 6.07) is 5.06. The van der Waals surface area contributed by atoms with Crippen LogP contribution in [0, 0.1) is 5.82 Å². The van der Waals surface area contributed by atoms with Gasteiger partial charge in [-0.3, -0.25) is 4.90 Å². The molecule has 1 aromatic rings. The summed E-state index contributed by atoms with van der Waals surface area (Å²) >= 11 is 0. The molecule has 1 N–H and O–H groups in total. The molecule has 0 unspecified atom stereocenters. The first kappa shape index (κ1) is 15.2. The van der Waals surface area contributed by atoms with E-state index < -0.39 is 0 Å². The number of ether oxygens (including phenoxy) is 1. The minimum absolute atomic E-state index is 0.281. The first-order valence-corrected chi connectivity index (χ1v) is 7.16. The largest absolute Gasteiger partial charge is 0.489 e. The van der Waals surface area contributed by atoms with E-state index in [9.17, 15) is 4.39 Å². The van der Waals surface area contributed by atoms with Crippen LogP contribution in [0.25, 0.3) is 0 Å². The molecule has 1 aliphatic heterocycles. The van der Waals surface area contributed by atoms with Crippen LogP contribution in [0.2, 0.25) is 0 Å². The zero-order chi connectivity index (χ0) is 14.4. The Morgan fingerprint density at radius 1 is 1.25 bits per heavy atom. The average molecular weight is 281 g/mol. The molecule has 1 heterocycles. The highest BCUT2D eigenvalue weighted by molar-refractivity contribution is 5.34. The van der Waals surface area contributed by atoms with Gasteiger partial charge in [-0.05, 0) is 20.2 Å². The van der Waals surface area contributed by atoms with Gasteiger partial charge in [0.15, 0.2) is 11.6 Å². The molecular weight excluding hydrogens is 257 g/mol. The molecule has 0 aliphatic carbocycles. The Morgan fingerprint density at radius 2 is 2.00 bits per heavy atom. The second kappa shape index (κ2) is 7.57. The molecule has 0 amide bonds. The second-order valence-electron chi connectivity index (χ2n) is 5.25. The summed E-state index contributed by atoms with van der Waals surface area (Å²) in [6.07, 6.45) is 0. The van der Waals surface area contributed by atoms with E-state index in [0.29, 0.717) is 18.9 Å². The van der Waals surface area contributed by atoms with Crippen LogP contribution < -0.4 is 10.1 Å². The summed E-state index contributed by atoms with van der Waals surface area (Å²) in [5.41, 5.74) is 0.867. The lowest BCUT2D eigenvalue weighted by atomic mass is 10.2. The van der Waals surface area contributed by atoms with Crippen molar-refractivity contribution in [2.45, 2.75) is 6.54 Å². The van der Waals surface area contributed by atoms with Crippen molar-refractivity contribution < 1.29 is 9.13 Å². The third-order valence-electron chi connectivity index (χ3n) is 3.67. The predicted octanol–water partition coefficient (Wildman–Crippen LogP) is 1.17. The van der Waals surface area contributed by atoms with E-state index in [1.807, 2.05) is 13.1 Å². The molecule has 1 aromatic carbocycles. The van der Waals surface area contributed by atoms with Crippen LogP contribution in [0.15, 0.2) is 18.2 Å². The summed E-state index contributed by atoms with van der Waals surface area (Å²) in [5.74, 6) is 0.104. The van der Waals surface area contributed by atoms with Crippen LogP contribution in [-0.2, 0) is 6.54 Å². The van der Waals surface area contributed by atoms with E-state index in [-0.39, 0.29) is 5.82 Å². The van der Waals surface area contributed by atoms with Crippen LogP contribution in [0.5, 0.6) is 5.75 Å². The molecule has 112 valence electrons. The highest BCUT2D eigenvalue weighted by atomic mass is 19.1. The zero-order valence-corrected chi connectivity index (χ0v) is 12.4. The van der Waals surface area contributed by atoms with E-state index in [1.165, 1.54) is 6.07 Å². The summed E-state index contributed by atoms with van der Waals surface area (Å²) in [7, 11) is 3.98. The number of hydrogen-bond donors (Lipinski definition) is 1. The number of piperazine rings is 1. The minimum atomic E-state index is -0.281. The Hall–Kier alpha value is -1.17. The Bertz CT molecular complexity index is 420. The van der Waals surface area contributed by atoms with Gasteiger partial charge in [0.2, 0.25) is 0 Å². The quantitative estimate of drug-likeness (QED) is 0.847. The fourth-order valence-corrected chi connectivity index (χ4v) is 2.39. The Balaban J connectivity index is 1.84. The van der Waals surface area contributed by atoms with Crippen molar-refractivity contribution in [3.05, 3.63) is 29.6 Å². The highest BCUT2D eigenvalue weighted by Crippen LogP contribution is 2.22. The van der Waals surface area contributed by atoms with Gasteiger partial charge in [-0.2, -0.15) is 0 Å². The Morgan fingerprint density at radius 3 is 2.70 bits per heavy atom. The molecule has 5 heteroatoms. The molecule has 2 rings (SSSR count). The molecule has 0 bridgehead atoms. The van der Waals surface area contributed by atoms with Crippen molar-refractivity contribution in [1.29, 1.82) is 0 Å². The number of halogens is 1. The Labute approximate surface area is 120 Å². The monoisotopic (exact) mass is 281 g/mol. The van der Waals surface area contributed by atoms with Crippen LogP contribution in [-0.4, -0.2) is 63.2 Å². The van der Waals surface area contributed by atoms with Crippen molar-refractivity contribution in [2.24, 2.45) is 0 Å². The highest BCUT2D eigenvalue weighted by Gasteiger charge is 2.14.